The van der Waals surface area contributed by atoms with Crippen LogP contribution in [-0.4, -0.2) is 21.6 Å². The van der Waals surface area contributed by atoms with E-state index in [1.807, 2.05) is 45.0 Å². The van der Waals surface area contributed by atoms with Crippen molar-refractivity contribution in [2.75, 3.05) is 0 Å². The summed E-state index contributed by atoms with van der Waals surface area (Å²) in [5.74, 6) is -0.887. The van der Waals surface area contributed by atoms with E-state index in [4.69, 9.17) is 11.6 Å². The Balaban J connectivity index is 1.81. The molecular formula is C21H21ClN4O2. The van der Waals surface area contributed by atoms with Gasteiger partial charge in [-0.15, -0.1) is 0 Å². The smallest absolute Gasteiger partial charge is 0.267 e. The van der Waals surface area contributed by atoms with Crippen molar-refractivity contribution >= 4 is 23.4 Å². The molecule has 0 saturated heterocycles. The fourth-order valence-corrected chi connectivity index (χ4v) is 3.10. The van der Waals surface area contributed by atoms with Crippen LogP contribution in [-0.2, 0) is 0 Å². The van der Waals surface area contributed by atoms with Crippen molar-refractivity contribution in [3.63, 3.8) is 0 Å². The SMILES string of the molecule is Cc1ccc(-n2ncc(C(=O)NNC(=O)c3ccccc3Cl)c2C(C)C)cc1. The third kappa shape index (κ3) is 4.07. The van der Waals surface area contributed by atoms with Gasteiger partial charge in [-0.05, 0) is 37.1 Å². The Morgan fingerprint density at radius 1 is 0.964 bits per heavy atom. The van der Waals surface area contributed by atoms with Gasteiger partial charge in [0.05, 0.1) is 33.7 Å². The summed E-state index contributed by atoms with van der Waals surface area (Å²) in [5, 5.41) is 4.69. The van der Waals surface area contributed by atoms with Gasteiger partial charge in [-0.2, -0.15) is 5.10 Å². The van der Waals surface area contributed by atoms with Crippen molar-refractivity contribution in [2.45, 2.75) is 26.7 Å². The number of amides is 2. The zero-order valence-corrected chi connectivity index (χ0v) is 16.6. The summed E-state index contributed by atoms with van der Waals surface area (Å²) in [6.45, 7) is 5.98. The maximum atomic E-state index is 12.7. The number of rotatable bonds is 4. The van der Waals surface area contributed by atoms with E-state index in [1.165, 1.54) is 6.20 Å². The van der Waals surface area contributed by atoms with Crippen molar-refractivity contribution < 1.29 is 9.59 Å². The fraction of sp³-hybridized carbons (Fsp3) is 0.190. The molecule has 6 nitrogen and oxygen atoms in total. The molecule has 3 rings (SSSR count). The number of carbonyl (C=O) groups is 2. The summed E-state index contributed by atoms with van der Waals surface area (Å²) in [4.78, 5) is 24.9. The van der Waals surface area contributed by atoms with Crippen molar-refractivity contribution in [3.05, 3.63) is 82.1 Å². The van der Waals surface area contributed by atoms with Crippen molar-refractivity contribution in [1.82, 2.24) is 20.6 Å². The van der Waals surface area contributed by atoms with Crippen molar-refractivity contribution in [2.24, 2.45) is 0 Å². The van der Waals surface area contributed by atoms with Gasteiger partial charge < -0.3 is 0 Å². The predicted molar refractivity (Wildman–Crippen MR) is 109 cm³/mol. The number of benzene rings is 2. The Kier molecular flexibility index (Phi) is 5.80. The lowest BCUT2D eigenvalue weighted by molar-refractivity contribution is 0.0846. The molecule has 0 spiro atoms. The first-order valence-electron chi connectivity index (χ1n) is 8.88. The number of aromatic nitrogens is 2. The molecule has 1 heterocycles. The van der Waals surface area contributed by atoms with Crippen LogP contribution in [0.15, 0.2) is 54.7 Å². The van der Waals surface area contributed by atoms with E-state index in [2.05, 4.69) is 16.0 Å². The second kappa shape index (κ2) is 8.27. The largest absolute Gasteiger partial charge is 0.273 e. The minimum Gasteiger partial charge on any atom is -0.267 e. The van der Waals surface area contributed by atoms with Crippen LogP contribution in [0.5, 0.6) is 0 Å². The molecule has 3 aromatic rings. The lowest BCUT2D eigenvalue weighted by Crippen LogP contribution is -2.42. The highest BCUT2D eigenvalue weighted by atomic mass is 35.5. The first-order valence-corrected chi connectivity index (χ1v) is 9.26. The third-order valence-electron chi connectivity index (χ3n) is 4.28. The highest BCUT2D eigenvalue weighted by Gasteiger charge is 2.21. The van der Waals surface area contributed by atoms with Crippen molar-refractivity contribution in [3.8, 4) is 5.69 Å². The molecule has 144 valence electrons. The summed E-state index contributed by atoms with van der Waals surface area (Å²) < 4.78 is 1.74. The first kappa shape index (κ1) is 19.6. The number of hydrogen-bond acceptors (Lipinski definition) is 3. The first-order chi connectivity index (χ1) is 13.4. The van der Waals surface area contributed by atoms with E-state index < -0.39 is 11.8 Å². The highest BCUT2D eigenvalue weighted by Crippen LogP contribution is 2.23. The molecule has 0 bridgehead atoms. The second-order valence-corrected chi connectivity index (χ2v) is 7.14. The minimum absolute atomic E-state index is 0.0452. The summed E-state index contributed by atoms with van der Waals surface area (Å²) in [6, 6.07) is 14.5. The number of aryl methyl sites for hydroxylation is 1. The number of nitrogens with zero attached hydrogens (tertiary/aromatic N) is 2. The molecule has 0 saturated carbocycles. The molecule has 0 fully saturated rings. The van der Waals surface area contributed by atoms with Gasteiger partial charge in [-0.3, -0.25) is 20.4 Å². The van der Waals surface area contributed by atoms with E-state index in [1.54, 1.807) is 28.9 Å². The molecule has 0 atom stereocenters. The zero-order valence-electron chi connectivity index (χ0n) is 15.9. The van der Waals surface area contributed by atoms with E-state index in [-0.39, 0.29) is 11.5 Å². The second-order valence-electron chi connectivity index (χ2n) is 6.73. The van der Waals surface area contributed by atoms with Gasteiger partial charge in [-0.25, -0.2) is 4.68 Å². The number of carbonyl (C=O) groups excluding carboxylic acids is 2. The molecule has 0 unspecified atom stereocenters. The lowest BCUT2D eigenvalue weighted by atomic mass is 10.1. The van der Waals surface area contributed by atoms with E-state index in [0.717, 1.165) is 16.9 Å². The van der Waals surface area contributed by atoms with Gasteiger partial charge in [0.1, 0.15) is 0 Å². The van der Waals surface area contributed by atoms with Crippen LogP contribution >= 0.6 is 11.6 Å². The quantitative estimate of drug-likeness (QED) is 0.653. The molecule has 1 aromatic heterocycles. The minimum atomic E-state index is -0.490. The molecule has 0 aliphatic carbocycles. The van der Waals surface area contributed by atoms with E-state index in [0.29, 0.717) is 10.6 Å². The number of hydrazine groups is 1. The topological polar surface area (TPSA) is 76.0 Å². The average Bonchev–Trinajstić information content (AvgIpc) is 3.12. The molecule has 7 heteroatoms. The Hall–Kier alpha value is -3.12. The van der Waals surface area contributed by atoms with Gasteiger partial charge >= 0.3 is 0 Å². The molecule has 2 amide bonds. The van der Waals surface area contributed by atoms with Gasteiger partial charge in [0.25, 0.3) is 11.8 Å². The number of nitrogens with one attached hydrogen (secondary N) is 2. The number of hydrogen-bond donors (Lipinski definition) is 2. The van der Waals surface area contributed by atoms with Crippen LogP contribution in [0.4, 0.5) is 0 Å². The van der Waals surface area contributed by atoms with Crippen molar-refractivity contribution in [1.29, 1.82) is 0 Å². The van der Waals surface area contributed by atoms with Crippen LogP contribution in [0, 0.1) is 6.92 Å². The van der Waals surface area contributed by atoms with Crippen LogP contribution in [0.1, 0.15) is 51.7 Å². The molecule has 2 N–H and O–H groups in total. The Morgan fingerprint density at radius 2 is 1.57 bits per heavy atom. The molecule has 0 aliphatic rings. The molecule has 0 aliphatic heterocycles. The van der Waals surface area contributed by atoms with E-state index in [9.17, 15) is 9.59 Å². The summed E-state index contributed by atoms with van der Waals surface area (Å²) in [5.41, 5.74) is 8.29. The lowest BCUT2D eigenvalue weighted by Gasteiger charge is -2.13. The Labute approximate surface area is 168 Å². The fourth-order valence-electron chi connectivity index (χ4n) is 2.87. The molecule has 28 heavy (non-hydrogen) atoms. The van der Waals surface area contributed by atoms with E-state index >= 15 is 0 Å². The average molecular weight is 397 g/mol. The van der Waals surface area contributed by atoms with Gasteiger partial charge in [-0.1, -0.05) is 55.3 Å². The number of halogens is 1. The maximum absolute atomic E-state index is 12.7. The summed E-state index contributed by atoms with van der Waals surface area (Å²) in [7, 11) is 0. The standard InChI is InChI=1S/C21H21ClN4O2/c1-13(2)19-17(12-23-26(19)15-10-8-14(3)9-11-15)21(28)25-24-20(27)16-6-4-5-7-18(16)22/h4-13H,1-3H3,(H,24,27)(H,25,28). The zero-order chi connectivity index (χ0) is 20.3. The van der Waals surface area contributed by atoms with Crippen LogP contribution in [0.25, 0.3) is 5.69 Å². The van der Waals surface area contributed by atoms with Gasteiger partial charge in [0, 0.05) is 0 Å². The summed E-state index contributed by atoms with van der Waals surface area (Å²) in [6.07, 6.45) is 1.51. The van der Waals surface area contributed by atoms with Crippen LogP contribution in [0.2, 0.25) is 5.02 Å². The van der Waals surface area contributed by atoms with Crippen LogP contribution < -0.4 is 10.9 Å². The predicted octanol–water partition coefficient (Wildman–Crippen LogP) is 4.03. The molecular weight excluding hydrogens is 376 g/mol. The third-order valence-corrected chi connectivity index (χ3v) is 4.61. The monoisotopic (exact) mass is 396 g/mol. The summed E-state index contributed by atoms with van der Waals surface area (Å²) >= 11 is 6.01. The molecule has 2 aromatic carbocycles. The Bertz CT molecular complexity index is 1010. The molecule has 0 radical (unpaired) electrons. The normalized spacial score (nSPS) is 10.8. The highest BCUT2D eigenvalue weighted by molar-refractivity contribution is 6.33. The Morgan fingerprint density at radius 3 is 2.18 bits per heavy atom. The van der Waals surface area contributed by atoms with Crippen LogP contribution in [0.3, 0.4) is 0 Å². The maximum Gasteiger partial charge on any atom is 0.273 e. The van der Waals surface area contributed by atoms with Gasteiger partial charge in [0.2, 0.25) is 0 Å². The van der Waals surface area contributed by atoms with Gasteiger partial charge in [0.15, 0.2) is 0 Å².